The Labute approximate surface area is 286 Å². The molecular formula is C30H36F6N2O13. The van der Waals surface area contributed by atoms with Gasteiger partial charge < -0.3 is 48.5 Å². The lowest BCUT2D eigenvalue weighted by atomic mass is 9.97. The standard InChI is InChI=1S/C30H36F6N2O13/c1-14(39)44-10-21-22(48-15(2)40)23(49-16(3)41)24(50-17(4)42)25(51-21)45-11-28(12-46-27(5,6)47-13-28)38-26(43)37-20-8-18(29(31,32)33)7-19(9-20)30(34,35)36/h7-9,21-25H,10-13H2,1-6H3,(H2,37,38,43)/t21-,22+,23+,24-,25-/m1/s1. The molecule has 0 aromatic heterocycles. The van der Waals surface area contributed by atoms with E-state index in [9.17, 15) is 50.3 Å². The monoisotopic (exact) mass is 746 g/mol. The van der Waals surface area contributed by atoms with Gasteiger partial charge in [0, 0.05) is 33.4 Å². The molecule has 0 saturated carbocycles. The van der Waals surface area contributed by atoms with Crippen LogP contribution in [0.5, 0.6) is 0 Å². The number of carbonyl (C=O) groups excluding carboxylic acids is 5. The zero-order valence-corrected chi connectivity index (χ0v) is 28.0. The summed E-state index contributed by atoms with van der Waals surface area (Å²) in [6.07, 6.45) is -18.3. The van der Waals surface area contributed by atoms with Crippen LogP contribution in [0.2, 0.25) is 0 Å². The number of esters is 4. The number of carbonyl (C=O) groups is 5. The van der Waals surface area contributed by atoms with Crippen molar-refractivity contribution in [3.05, 3.63) is 29.3 Å². The molecule has 15 nitrogen and oxygen atoms in total. The van der Waals surface area contributed by atoms with Crippen LogP contribution in [0.25, 0.3) is 0 Å². The van der Waals surface area contributed by atoms with Crippen molar-refractivity contribution < 1.29 is 88.2 Å². The van der Waals surface area contributed by atoms with E-state index in [0.717, 1.165) is 27.7 Å². The molecule has 5 atom stereocenters. The van der Waals surface area contributed by atoms with Crippen molar-refractivity contribution in [2.75, 3.05) is 31.7 Å². The molecule has 0 unspecified atom stereocenters. The summed E-state index contributed by atoms with van der Waals surface area (Å²) in [5, 5.41) is 4.33. The maximum Gasteiger partial charge on any atom is 0.416 e. The van der Waals surface area contributed by atoms with E-state index in [4.69, 9.17) is 37.9 Å². The molecule has 2 aliphatic heterocycles. The molecule has 21 heteroatoms. The van der Waals surface area contributed by atoms with E-state index in [-0.39, 0.29) is 6.07 Å². The van der Waals surface area contributed by atoms with Crippen LogP contribution in [0.3, 0.4) is 0 Å². The number of hydrogen-bond acceptors (Lipinski definition) is 13. The second-order valence-electron chi connectivity index (χ2n) is 12.0. The van der Waals surface area contributed by atoms with Crippen molar-refractivity contribution in [3.8, 4) is 0 Å². The van der Waals surface area contributed by atoms with E-state index in [1.807, 2.05) is 5.32 Å². The summed E-state index contributed by atoms with van der Waals surface area (Å²) in [7, 11) is 0. The third kappa shape index (κ3) is 11.9. The summed E-state index contributed by atoms with van der Waals surface area (Å²) in [4.78, 5) is 61.0. The van der Waals surface area contributed by atoms with Crippen molar-refractivity contribution in [1.82, 2.24) is 5.32 Å². The van der Waals surface area contributed by atoms with Crippen LogP contribution in [-0.4, -0.2) is 98.4 Å². The van der Waals surface area contributed by atoms with Gasteiger partial charge in [-0.15, -0.1) is 0 Å². The van der Waals surface area contributed by atoms with Crippen LogP contribution in [0, 0.1) is 0 Å². The summed E-state index contributed by atoms with van der Waals surface area (Å²) < 4.78 is 125. The number of alkyl halides is 6. The van der Waals surface area contributed by atoms with Crippen LogP contribution in [0.4, 0.5) is 36.8 Å². The van der Waals surface area contributed by atoms with Crippen molar-refractivity contribution in [2.45, 2.75) is 95.9 Å². The number of amides is 2. The third-order valence-corrected chi connectivity index (χ3v) is 7.09. The topological polar surface area (TPSA) is 183 Å². The van der Waals surface area contributed by atoms with Gasteiger partial charge in [-0.2, -0.15) is 26.3 Å². The van der Waals surface area contributed by atoms with Crippen LogP contribution < -0.4 is 10.6 Å². The van der Waals surface area contributed by atoms with E-state index >= 15 is 0 Å². The van der Waals surface area contributed by atoms with Gasteiger partial charge in [-0.3, -0.25) is 19.2 Å². The van der Waals surface area contributed by atoms with E-state index < -0.39 is 128 Å². The minimum absolute atomic E-state index is 0.114. The van der Waals surface area contributed by atoms with E-state index in [0.29, 0.717) is 12.1 Å². The minimum Gasteiger partial charge on any atom is -0.463 e. The maximum absolute atomic E-state index is 13.4. The Hall–Kier alpha value is -4.21. The fourth-order valence-electron chi connectivity index (χ4n) is 4.89. The normalized spacial score (nSPS) is 24.4. The van der Waals surface area contributed by atoms with Gasteiger partial charge in [0.1, 0.15) is 18.2 Å². The Morgan fingerprint density at radius 1 is 0.765 bits per heavy atom. The van der Waals surface area contributed by atoms with Gasteiger partial charge in [0.25, 0.3) is 0 Å². The van der Waals surface area contributed by atoms with Crippen molar-refractivity contribution in [3.63, 3.8) is 0 Å². The molecule has 0 spiro atoms. The minimum atomic E-state index is -5.19. The van der Waals surface area contributed by atoms with Gasteiger partial charge in [0.05, 0.1) is 30.9 Å². The van der Waals surface area contributed by atoms with Crippen LogP contribution in [0.15, 0.2) is 18.2 Å². The van der Waals surface area contributed by atoms with Gasteiger partial charge in [-0.25, -0.2) is 4.79 Å². The number of hydrogen-bond donors (Lipinski definition) is 2. The number of nitrogens with one attached hydrogen (secondary N) is 2. The van der Waals surface area contributed by atoms with Gasteiger partial charge in [0.2, 0.25) is 0 Å². The molecule has 51 heavy (non-hydrogen) atoms. The number of urea groups is 1. The molecule has 1 aromatic rings. The molecule has 2 N–H and O–H groups in total. The summed E-state index contributed by atoms with van der Waals surface area (Å²) >= 11 is 0. The molecule has 286 valence electrons. The first-order valence-electron chi connectivity index (χ1n) is 15.0. The quantitative estimate of drug-likeness (QED) is 0.202. The number of rotatable bonds is 10. The average molecular weight is 747 g/mol. The fraction of sp³-hybridized carbons (Fsp3) is 0.633. The molecule has 0 aliphatic carbocycles. The van der Waals surface area contributed by atoms with Crippen molar-refractivity contribution in [2.24, 2.45) is 0 Å². The maximum atomic E-state index is 13.4. The summed E-state index contributed by atoms with van der Waals surface area (Å²) in [5.74, 6) is -4.74. The predicted molar refractivity (Wildman–Crippen MR) is 155 cm³/mol. The zero-order valence-electron chi connectivity index (χ0n) is 28.0. The lowest BCUT2D eigenvalue weighted by Gasteiger charge is -2.46. The summed E-state index contributed by atoms with van der Waals surface area (Å²) in [6.45, 7) is 5.00. The Kier molecular flexibility index (Phi) is 12.9. The molecule has 1 aromatic carbocycles. The second-order valence-corrected chi connectivity index (χ2v) is 12.0. The molecule has 2 saturated heterocycles. The first kappa shape index (κ1) is 41.2. The highest BCUT2D eigenvalue weighted by Gasteiger charge is 2.54. The smallest absolute Gasteiger partial charge is 0.416 e. The van der Waals surface area contributed by atoms with Gasteiger partial charge in [-0.05, 0) is 32.0 Å². The molecule has 0 radical (unpaired) electrons. The first-order valence-corrected chi connectivity index (χ1v) is 15.0. The van der Waals surface area contributed by atoms with Crippen LogP contribution in [-0.2, 0) is 69.4 Å². The number of anilines is 1. The highest BCUT2D eigenvalue weighted by molar-refractivity contribution is 5.90. The molecular weight excluding hydrogens is 710 g/mol. The molecule has 0 bridgehead atoms. The molecule has 2 heterocycles. The number of halogens is 6. The Morgan fingerprint density at radius 3 is 1.73 bits per heavy atom. The molecule has 2 aliphatic rings. The van der Waals surface area contributed by atoms with Crippen molar-refractivity contribution in [1.29, 1.82) is 0 Å². The first-order chi connectivity index (χ1) is 23.4. The lowest BCUT2D eigenvalue weighted by Crippen LogP contribution is -2.66. The Balaban J connectivity index is 1.96. The van der Waals surface area contributed by atoms with E-state index in [2.05, 4.69) is 5.32 Å². The summed E-state index contributed by atoms with van der Waals surface area (Å²) in [5.41, 5.74) is -5.98. The molecule has 2 amide bonds. The van der Waals surface area contributed by atoms with Gasteiger partial charge in [-0.1, -0.05) is 0 Å². The second kappa shape index (κ2) is 16.0. The van der Waals surface area contributed by atoms with Gasteiger partial charge >= 0.3 is 42.3 Å². The highest BCUT2D eigenvalue weighted by atomic mass is 19.4. The number of ether oxygens (including phenoxy) is 8. The fourth-order valence-corrected chi connectivity index (χ4v) is 4.89. The van der Waals surface area contributed by atoms with Gasteiger partial charge in [0.15, 0.2) is 30.4 Å². The predicted octanol–water partition coefficient (Wildman–Crippen LogP) is 3.47. The van der Waals surface area contributed by atoms with E-state index in [1.165, 1.54) is 13.8 Å². The highest BCUT2D eigenvalue weighted by Crippen LogP contribution is 2.38. The zero-order chi connectivity index (χ0) is 38.5. The summed E-state index contributed by atoms with van der Waals surface area (Å²) in [6, 6.07) is -0.824. The largest absolute Gasteiger partial charge is 0.463 e. The SMILES string of the molecule is CC(=O)OC[C@H]1O[C@@H](OCC2(NC(=O)Nc3cc(C(F)(F)F)cc(C(F)(F)F)c3)COC(C)(C)OC2)[C@H](OC(C)=O)[C@@H](OC(C)=O)[C@H]1OC(C)=O. The molecule has 2 fully saturated rings. The lowest BCUT2D eigenvalue weighted by molar-refractivity contribution is -0.321. The Morgan fingerprint density at radius 2 is 1.25 bits per heavy atom. The van der Waals surface area contributed by atoms with Crippen molar-refractivity contribution >= 4 is 35.6 Å². The Bertz CT molecular complexity index is 1430. The van der Waals surface area contributed by atoms with Crippen LogP contribution in [0.1, 0.15) is 52.7 Å². The number of benzene rings is 1. The third-order valence-electron chi connectivity index (χ3n) is 7.09. The van der Waals surface area contributed by atoms with E-state index in [1.54, 1.807) is 0 Å². The molecule has 3 rings (SSSR count). The van der Waals surface area contributed by atoms with Crippen LogP contribution >= 0.6 is 0 Å². The average Bonchev–Trinajstić information content (AvgIpc) is 2.97.